The highest BCUT2D eigenvalue weighted by Gasteiger charge is 2.50. The second kappa shape index (κ2) is 5.66. The van der Waals surface area contributed by atoms with E-state index in [1.165, 1.54) is 0 Å². The van der Waals surface area contributed by atoms with Crippen molar-refractivity contribution in [2.45, 2.75) is 72.1 Å². The first-order valence-corrected chi connectivity index (χ1v) is 7.24. The molecule has 0 saturated carbocycles. The van der Waals surface area contributed by atoms with Gasteiger partial charge in [0.05, 0.1) is 0 Å². The third kappa shape index (κ3) is 4.19. The Kier molecular flexibility index (Phi) is 4.70. The van der Waals surface area contributed by atoms with Gasteiger partial charge in [-0.3, -0.25) is 4.79 Å². The number of nitrogens with one attached hydrogen (secondary N) is 1. The van der Waals surface area contributed by atoms with Crippen molar-refractivity contribution in [2.75, 3.05) is 0 Å². The van der Waals surface area contributed by atoms with Crippen molar-refractivity contribution in [2.24, 2.45) is 5.92 Å². The van der Waals surface area contributed by atoms with E-state index in [0.717, 1.165) is 4.90 Å². The van der Waals surface area contributed by atoms with Gasteiger partial charge in [-0.1, -0.05) is 13.8 Å². The maximum atomic E-state index is 12.4. The van der Waals surface area contributed by atoms with Crippen LogP contribution in [0, 0.1) is 5.92 Å². The summed E-state index contributed by atoms with van der Waals surface area (Å²) >= 11 is 0. The number of imide groups is 1. The maximum absolute atomic E-state index is 12.4. The SMILES string of the molecule is CC(C)C[C@@H](C(=O)OC(C)(C)C)N1C(=O)NC(C)(C)C1=O. The smallest absolute Gasteiger partial charge is 0.329 e. The summed E-state index contributed by atoms with van der Waals surface area (Å²) in [5, 5.41) is 2.59. The minimum Gasteiger partial charge on any atom is -0.458 e. The van der Waals surface area contributed by atoms with E-state index in [9.17, 15) is 14.4 Å². The highest BCUT2D eigenvalue weighted by Crippen LogP contribution is 2.24. The zero-order valence-corrected chi connectivity index (χ0v) is 13.9. The van der Waals surface area contributed by atoms with Crippen LogP contribution in [0.3, 0.4) is 0 Å². The Bertz CT molecular complexity index is 449. The van der Waals surface area contributed by atoms with Crippen LogP contribution in [0.1, 0.15) is 54.9 Å². The molecule has 1 aliphatic rings. The molecule has 120 valence electrons. The molecule has 1 heterocycles. The lowest BCUT2D eigenvalue weighted by molar-refractivity contribution is -0.163. The Morgan fingerprint density at radius 2 is 1.81 bits per heavy atom. The van der Waals surface area contributed by atoms with Crippen LogP contribution >= 0.6 is 0 Å². The normalized spacial score (nSPS) is 19.7. The van der Waals surface area contributed by atoms with Crippen molar-refractivity contribution in [3.63, 3.8) is 0 Å². The van der Waals surface area contributed by atoms with Crippen LogP contribution in [0.5, 0.6) is 0 Å². The number of hydrogen-bond acceptors (Lipinski definition) is 4. The zero-order chi connectivity index (χ0) is 16.6. The topological polar surface area (TPSA) is 75.7 Å². The van der Waals surface area contributed by atoms with Gasteiger partial charge in [-0.25, -0.2) is 14.5 Å². The van der Waals surface area contributed by atoms with Crippen molar-refractivity contribution in [3.8, 4) is 0 Å². The third-order valence-corrected chi connectivity index (χ3v) is 3.08. The Morgan fingerprint density at radius 1 is 1.29 bits per heavy atom. The van der Waals surface area contributed by atoms with Gasteiger partial charge in [0.25, 0.3) is 5.91 Å². The van der Waals surface area contributed by atoms with E-state index in [-0.39, 0.29) is 5.92 Å². The zero-order valence-electron chi connectivity index (χ0n) is 13.9. The van der Waals surface area contributed by atoms with Gasteiger partial charge >= 0.3 is 12.0 Å². The fourth-order valence-electron chi connectivity index (χ4n) is 2.18. The van der Waals surface area contributed by atoms with Crippen LogP contribution in [0.4, 0.5) is 4.79 Å². The van der Waals surface area contributed by atoms with Crippen molar-refractivity contribution in [1.29, 1.82) is 0 Å². The second-order valence-electron chi connectivity index (χ2n) is 7.41. The lowest BCUT2D eigenvalue weighted by Gasteiger charge is -2.29. The first-order valence-electron chi connectivity index (χ1n) is 7.24. The summed E-state index contributed by atoms with van der Waals surface area (Å²) < 4.78 is 5.37. The van der Waals surface area contributed by atoms with Crippen molar-refractivity contribution < 1.29 is 19.1 Å². The average Bonchev–Trinajstić information content (AvgIpc) is 2.42. The van der Waals surface area contributed by atoms with E-state index in [0.29, 0.717) is 6.42 Å². The predicted molar refractivity (Wildman–Crippen MR) is 78.5 cm³/mol. The number of ether oxygens (including phenoxy) is 1. The van der Waals surface area contributed by atoms with Gasteiger partial charge in [-0.15, -0.1) is 0 Å². The Morgan fingerprint density at radius 3 is 2.14 bits per heavy atom. The van der Waals surface area contributed by atoms with Crippen molar-refractivity contribution in [3.05, 3.63) is 0 Å². The molecular weight excluding hydrogens is 272 g/mol. The molecule has 0 bridgehead atoms. The van der Waals surface area contributed by atoms with Crippen LogP contribution in [0.15, 0.2) is 0 Å². The summed E-state index contributed by atoms with van der Waals surface area (Å²) in [6, 6.07) is -1.43. The molecule has 0 spiro atoms. The first kappa shape index (κ1) is 17.5. The summed E-state index contributed by atoms with van der Waals surface area (Å²) in [5.74, 6) is -0.798. The van der Waals surface area contributed by atoms with Crippen LogP contribution in [0.25, 0.3) is 0 Å². The number of rotatable bonds is 4. The van der Waals surface area contributed by atoms with E-state index in [1.54, 1.807) is 34.6 Å². The fourth-order valence-corrected chi connectivity index (χ4v) is 2.18. The minimum atomic E-state index is -0.992. The van der Waals surface area contributed by atoms with Crippen LogP contribution < -0.4 is 5.32 Å². The molecule has 0 aromatic heterocycles. The number of urea groups is 1. The lowest BCUT2D eigenvalue weighted by Crippen LogP contribution is -2.49. The first-order chi connectivity index (χ1) is 9.35. The lowest BCUT2D eigenvalue weighted by atomic mass is 10.0. The Balaban J connectivity index is 3.06. The number of esters is 1. The summed E-state index contributed by atoms with van der Waals surface area (Å²) in [7, 11) is 0. The van der Waals surface area contributed by atoms with E-state index >= 15 is 0 Å². The highest BCUT2D eigenvalue weighted by molar-refractivity contribution is 6.09. The van der Waals surface area contributed by atoms with Gasteiger partial charge < -0.3 is 10.1 Å². The Labute approximate surface area is 126 Å². The predicted octanol–water partition coefficient (Wildman–Crippen LogP) is 2.07. The molecule has 1 N–H and O–H groups in total. The molecular formula is C15H26N2O4. The summed E-state index contributed by atoms with van der Waals surface area (Å²) in [5.41, 5.74) is -1.66. The number of carbonyl (C=O) groups excluding carboxylic acids is 3. The monoisotopic (exact) mass is 298 g/mol. The molecule has 0 aromatic carbocycles. The van der Waals surface area contributed by atoms with Gasteiger partial charge in [-0.2, -0.15) is 0 Å². The van der Waals surface area contributed by atoms with Crippen molar-refractivity contribution in [1.82, 2.24) is 10.2 Å². The molecule has 3 amide bonds. The van der Waals surface area contributed by atoms with Crippen LogP contribution in [0.2, 0.25) is 0 Å². The van der Waals surface area contributed by atoms with E-state index in [1.807, 2.05) is 13.8 Å². The molecule has 0 aliphatic carbocycles. The number of nitrogens with zero attached hydrogens (tertiary/aromatic N) is 1. The standard InChI is InChI=1S/C15H26N2O4/c1-9(2)8-10(11(18)21-14(3,4)5)17-12(19)15(6,7)16-13(17)20/h9-10H,8H2,1-7H3,(H,16,20)/t10-/m0/s1. The largest absolute Gasteiger partial charge is 0.458 e. The number of amides is 3. The van der Waals surface area contributed by atoms with Gasteiger partial charge in [0.1, 0.15) is 17.2 Å². The maximum Gasteiger partial charge on any atom is 0.329 e. The fraction of sp³-hybridized carbons (Fsp3) is 0.800. The minimum absolute atomic E-state index is 0.145. The summed E-state index contributed by atoms with van der Waals surface area (Å²) in [4.78, 5) is 37.8. The van der Waals surface area contributed by atoms with Gasteiger partial charge in [0.15, 0.2) is 0 Å². The molecule has 1 atom stereocenters. The van der Waals surface area contributed by atoms with Crippen LogP contribution in [-0.4, -0.2) is 40.0 Å². The Hall–Kier alpha value is -1.59. The highest BCUT2D eigenvalue weighted by atomic mass is 16.6. The average molecular weight is 298 g/mol. The molecule has 0 unspecified atom stereocenters. The number of carbonyl (C=O) groups is 3. The molecule has 21 heavy (non-hydrogen) atoms. The molecule has 1 saturated heterocycles. The van der Waals surface area contributed by atoms with Gasteiger partial charge in [0, 0.05) is 0 Å². The summed E-state index contributed by atoms with van der Waals surface area (Å²) in [6.07, 6.45) is 0.379. The van der Waals surface area contributed by atoms with Crippen molar-refractivity contribution >= 4 is 17.9 Å². The molecule has 0 aromatic rings. The van der Waals surface area contributed by atoms with Gasteiger partial charge in [-0.05, 0) is 47.0 Å². The molecule has 1 fully saturated rings. The molecule has 1 rings (SSSR count). The molecule has 1 aliphatic heterocycles. The van der Waals surface area contributed by atoms with Crippen LogP contribution in [-0.2, 0) is 14.3 Å². The molecule has 6 heteroatoms. The van der Waals surface area contributed by atoms with E-state index < -0.39 is 35.1 Å². The second-order valence-corrected chi connectivity index (χ2v) is 7.41. The van der Waals surface area contributed by atoms with E-state index in [4.69, 9.17) is 4.74 Å². The van der Waals surface area contributed by atoms with Gasteiger partial charge in [0.2, 0.25) is 0 Å². The third-order valence-electron chi connectivity index (χ3n) is 3.08. The van der Waals surface area contributed by atoms with E-state index in [2.05, 4.69) is 5.32 Å². The quantitative estimate of drug-likeness (QED) is 0.637. The molecule has 6 nitrogen and oxygen atoms in total. The molecule has 0 radical (unpaired) electrons. The summed E-state index contributed by atoms with van der Waals surface area (Å²) in [6.45, 7) is 12.4. The number of hydrogen-bond donors (Lipinski definition) is 1.